The topological polar surface area (TPSA) is 37.7 Å². The fourth-order valence-corrected chi connectivity index (χ4v) is 5.42. The van der Waals surface area contributed by atoms with Gasteiger partial charge in [-0.3, -0.25) is 4.79 Å². The van der Waals surface area contributed by atoms with E-state index in [-0.39, 0.29) is 5.91 Å². The van der Waals surface area contributed by atoms with E-state index in [9.17, 15) is 4.79 Å². The number of piperidine rings is 2. The zero-order valence-electron chi connectivity index (χ0n) is 18.0. The van der Waals surface area contributed by atoms with E-state index in [4.69, 9.17) is 4.74 Å². The van der Waals surface area contributed by atoms with Gasteiger partial charge in [-0.2, -0.15) is 0 Å². The normalized spacial score (nSPS) is 22.4. The Balaban J connectivity index is 1.48. The number of aromatic nitrogens is 1. The molecule has 0 saturated carbocycles. The quantitative estimate of drug-likeness (QED) is 0.704. The molecule has 1 unspecified atom stereocenters. The molecule has 2 fully saturated rings. The van der Waals surface area contributed by atoms with Crippen LogP contribution in [0.5, 0.6) is 5.75 Å². The molecule has 1 aromatic heterocycles. The molecule has 0 N–H and O–H groups in total. The van der Waals surface area contributed by atoms with Crippen molar-refractivity contribution in [1.82, 2.24) is 14.4 Å². The number of ether oxygens (including phenoxy) is 1. The van der Waals surface area contributed by atoms with E-state index >= 15 is 0 Å². The second-order valence-corrected chi connectivity index (χ2v) is 8.68. The molecule has 2 aliphatic rings. The summed E-state index contributed by atoms with van der Waals surface area (Å²) in [7, 11) is 1.69. The Kier molecular flexibility index (Phi) is 6.43. The fourth-order valence-electron chi connectivity index (χ4n) is 5.42. The van der Waals surface area contributed by atoms with Crippen LogP contribution in [-0.2, 0) is 11.3 Å². The first kappa shape index (κ1) is 20.3. The molecular weight excluding hydrogens is 362 g/mol. The van der Waals surface area contributed by atoms with Gasteiger partial charge >= 0.3 is 0 Å². The number of carbonyl (C=O) groups excluding carboxylic acids is 1. The Hall–Kier alpha value is -2.01. The van der Waals surface area contributed by atoms with Crippen molar-refractivity contribution >= 4 is 16.8 Å². The maximum atomic E-state index is 13.3. The maximum Gasteiger partial charge on any atom is 0.242 e. The molecule has 2 aliphatic heterocycles. The van der Waals surface area contributed by atoms with Crippen molar-refractivity contribution in [1.29, 1.82) is 0 Å². The van der Waals surface area contributed by atoms with Crippen molar-refractivity contribution < 1.29 is 9.53 Å². The number of amides is 1. The molecule has 2 saturated heterocycles. The second-order valence-electron chi connectivity index (χ2n) is 8.68. The molecule has 1 amide bonds. The van der Waals surface area contributed by atoms with Crippen LogP contribution >= 0.6 is 0 Å². The second kappa shape index (κ2) is 9.21. The average Bonchev–Trinajstić information content (AvgIpc) is 3.16. The van der Waals surface area contributed by atoms with Crippen molar-refractivity contribution in [2.45, 2.75) is 58.0 Å². The molecule has 158 valence electrons. The van der Waals surface area contributed by atoms with E-state index in [0.717, 1.165) is 36.2 Å². The third-order valence-corrected chi connectivity index (χ3v) is 6.83. The highest BCUT2D eigenvalue weighted by molar-refractivity contribution is 5.88. The number of fused-ring (bicyclic) bond motifs is 2. The zero-order chi connectivity index (χ0) is 20.2. The number of hydrogen-bond donors (Lipinski definition) is 0. The highest BCUT2D eigenvalue weighted by Gasteiger charge is 2.34. The standard InChI is InChI=1S/C24H35N3O2/c1-3-13-27(17-19-8-7-15-25-14-5-4-9-21(19)25)24(28)18-26-16-12-20-22(26)10-6-11-23(20)29-2/h6,10-12,16,19,21H,3-5,7-9,13-15,17-18H2,1-2H3/t19?,21-/m1/s1. The summed E-state index contributed by atoms with van der Waals surface area (Å²) in [5.41, 5.74) is 1.06. The van der Waals surface area contributed by atoms with E-state index < -0.39 is 0 Å². The summed E-state index contributed by atoms with van der Waals surface area (Å²) >= 11 is 0. The van der Waals surface area contributed by atoms with Crippen LogP contribution in [0.2, 0.25) is 0 Å². The molecule has 0 radical (unpaired) electrons. The molecule has 0 spiro atoms. The highest BCUT2D eigenvalue weighted by atomic mass is 16.5. The van der Waals surface area contributed by atoms with Crippen LogP contribution in [0.25, 0.3) is 10.9 Å². The van der Waals surface area contributed by atoms with Crippen molar-refractivity contribution in [2.24, 2.45) is 5.92 Å². The minimum absolute atomic E-state index is 0.236. The molecule has 2 aromatic rings. The summed E-state index contributed by atoms with van der Waals surface area (Å²) in [6, 6.07) is 8.76. The molecule has 1 aromatic carbocycles. The van der Waals surface area contributed by atoms with Gasteiger partial charge in [-0.05, 0) is 69.3 Å². The molecule has 2 atom stereocenters. The monoisotopic (exact) mass is 397 g/mol. The molecule has 29 heavy (non-hydrogen) atoms. The number of methoxy groups -OCH3 is 1. The number of rotatable bonds is 7. The number of benzene rings is 1. The van der Waals surface area contributed by atoms with Crippen molar-refractivity contribution in [3.05, 3.63) is 30.5 Å². The molecule has 5 heteroatoms. The van der Waals surface area contributed by atoms with Gasteiger partial charge in [-0.15, -0.1) is 0 Å². The molecule has 0 aliphatic carbocycles. The highest BCUT2D eigenvalue weighted by Crippen LogP contribution is 2.32. The molecule has 4 rings (SSSR count). The van der Waals surface area contributed by atoms with Crippen molar-refractivity contribution in [2.75, 3.05) is 33.3 Å². The SMILES string of the molecule is CCCN(CC1CCCN2CCCC[C@H]12)C(=O)Cn1ccc2c(OC)cccc21. The van der Waals surface area contributed by atoms with Crippen LogP contribution in [0.1, 0.15) is 45.4 Å². The summed E-state index contributed by atoms with van der Waals surface area (Å²) in [5.74, 6) is 1.72. The van der Waals surface area contributed by atoms with Gasteiger partial charge in [-0.25, -0.2) is 0 Å². The van der Waals surface area contributed by atoms with Crippen molar-refractivity contribution in [3.63, 3.8) is 0 Å². The Bertz CT molecular complexity index is 829. The predicted octanol–water partition coefficient (Wildman–Crippen LogP) is 4.15. The smallest absolute Gasteiger partial charge is 0.242 e. The minimum atomic E-state index is 0.236. The first-order valence-electron chi connectivity index (χ1n) is 11.3. The van der Waals surface area contributed by atoms with Crippen LogP contribution in [0.15, 0.2) is 30.5 Å². The first-order chi connectivity index (χ1) is 14.2. The van der Waals surface area contributed by atoms with E-state index in [0.29, 0.717) is 18.5 Å². The summed E-state index contributed by atoms with van der Waals surface area (Å²) in [6.45, 7) is 6.84. The van der Waals surface area contributed by atoms with Crippen LogP contribution < -0.4 is 4.74 Å². The van der Waals surface area contributed by atoms with Gasteiger partial charge in [0.1, 0.15) is 12.3 Å². The Morgan fingerprint density at radius 2 is 2.03 bits per heavy atom. The fraction of sp³-hybridized carbons (Fsp3) is 0.625. The van der Waals surface area contributed by atoms with E-state index in [2.05, 4.69) is 27.4 Å². The van der Waals surface area contributed by atoms with Gasteiger partial charge in [-0.1, -0.05) is 19.4 Å². The number of hydrogen-bond acceptors (Lipinski definition) is 3. The van der Waals surface area contributed by atoms with Gasteiger partial charge in [0.15, 0.2) is 0 Å². The lowest BCUT2D eigenvalue weighted by Crippen LogP contribution is -2.52. The molecule has 3 heterocycles. The third kappa shape index (κ3) is 4.30. The Morgan fingerprint density at radius 3 is 2.86 bits per heavy atom. The summed E-state index contributed by atoms with van der Waals surface area (Å²) in [6.07, 6.45) is 9.55. The van der Waals surface area contributed by atoms with Gasteiger partial charge in [0.2, 0.25) is 5.91 Å². The summed E-state index contributed by atoms with van der Waals surface area (Å²) < 4.78 is 7.54. The lowest BCUT2D eigenvalue weighted by Gasteiger charge is -2.45. The summed E-state index contributed by atoms with van der Waals surface area (Å²) in [5, 5.41) is 1.06. The van der Waals surface area contributed by atoms with Crippen LogP contribution in [-0.4, -0.2) is 59.6 Å². The van der Waals surface area contributed by atoms with Crippen LogP contribution in [0.4, 0.5) is 0 Å². The first-order valence-corrected chi connectivity index (χ1v) is 11.3. The van der Waals surface area contributed by atoms with Gasteiger partial charge in [0.25, 0.3) is 0 Å². The van der Waals surface area contributed by atoms with Gasteiger partial charge < -0.3 is 19.1 Å². The maximum absolute atomic E-state index is 13.3. The van der Waals surface area contributed by atoms with Gasteiger partial charge in [0.05, 0.1) is 12.6 Å². The molecule has 5 nitrogen and oxygen atoms in total. The number of nitrogens with zero attached hydrogens (tertiary/aromatic N) is 3. The zero-order valence-corrected chi connectivity index (χ0v) is 18.0. The minimum Gasteiger partial charge on any atom is -0.496 e. The van der Waals surface area contributed by atoms with Crippen molar-refractivity contribution in [3.8, 4) is 5.75 Å². The summed E-state index contributed by atoms with van der Waals surface area (Å²) in [4.78, 5) is 18.1. The lowest BCUT2D eigenvalue weighted by molar-refractivity contribution is -0.133. The van der Waals surface area contributed by atoms with E-state index in [1.54, 1.807) is 7.11 Å². The van der Waals surface area contributed by atoms with Crippen LogP contribution in [0, 0.1) is 5.92 Å². The molecule has 0 bridgehead atoms. The average molecular weight is 398 g/mol. The van der Waals surface area contributed by atoms with E-state index in [1.165, 1.54) is 45.2 Å². The Labute approximate surface area is 174 Å². The third-order valence-electron chi connectivity index (χ3n) is 6.83. The van der Waals surface area contributed by atoms with Gasteiger partial charge in [0, 0.05) is 30.7 Å². The van der Waals surface area contributed by atoms with Crippen LogP contribution in [0.3, 0.4) is 0 Å². The Morgan fingerprint density at radius 1 is 1.17 bits per heavy atom. The lowest BCUT2D eigenvalue weighted by atomic mass is 9.83. The number of carbonyl (C=O) groups is 1. The predicted molar refractivity (Wildman–Crippen MR) is 117 cm³/mol. The van der Waals surface area contributed by atoms with E-state index in [1.807, 2.05) is 24.4 Å². The largest absolute Gasteiger partial charge is 0.496 e. The molecular formula is C24H35N3O2.